The number of piperidine rings is 1. The van der Waals surface area contributed by atoms with Crippen molar-refractivity contribution in [3.8, 4) is 5.88 Å². The number of unbranched alkanes of at least 4 members (excludes halogenated alkanes) is 1. The molecule has 0 radical (unpaired) electrons. The quantitative estimate of drug-likeness (QED) is 0.189. The number of likely N-dealkylation sites (tertiary alicyclic amines) is 1. The average Bonchev–Trinajstić information content (AvgIpc) is 3.35. The fraction of sp³-hybridized carbons (Fsp3) is 0.760. The molecule has 0 saturated carbocycles. The van der Waals surface area contributed by atoms with Crippen molar-refractivity contribution >= 4 is 27.9 Å². The lowest BCUT2D eigenvalue weighted by molar-refractivity contribution is -0.142. The number of methoxy groups -OCH3 is 1. The third-order valence-corrected chi connectivity index (χ3v) is 7.63. The molecule has 1 fully saturated rings. The number of nitrogens with one attached hydrogen (secondary N) is 1. The minimum atomic E-state index is -3.87. The summed E-state index contributed by atoms with van der Waals surface area (Å²) in [5, 5.41) is 3.72. The number of sulfonamides is 1. The molecule has 3 N–H and O–H groups in total. The Balaban J connectivity index is 1.82. The van der Waals surface area contributed by atoms with Crippen molar-refractivity contribution in [3.05, 3.63) is 11.8 Å². The zero-order valence-electron chi connectivity index (χ0n) is 23.4. The zero-order chi connectivity index (χ0) is 29.2. The van der Waals surface area contributed by atoms with E-state index in [1.54, 1.807) is 4.90 Å². The van der Waals surface area contributed by atoms with Crippen LogP contribution in [0.2, 0.25) is 0 Å². The minimum Gasteiger partial charge on any atom is -0.475 e. The number of rotatable bonds is 14. The Hall–Kier alpha value is -2.71. The topological polar surface area (TPSA) is 180 Å². The Morgan fingerprint density at radius 3 is 2.49 bits per heavy atom. The van der Waals surface area contributed by atoms with E-state index < -0.39 is 39.5 Å². The number of nitrogens with zero attached hydrogens (tertiary/aromatic N) is 2. The Bertz CT molecular complexity index is 1060. The van der Waals surface area contributed by atoms with Gasteiger partial charge in [-0.05, 0) is 63.9 Å². The van der Waals surface area contributed by atoms with Gasteiger partial charge in [0.25, 0.3) is 5.88 Å². The highest BCUT2D eigenvalue weighted by Gasteiger charge is 2.37. The van der Waals surface area contributed by atoms with E-state index >= 15 is 0 Å². The molecule has 2 unspecified atom stereocenters. The summed E-state index contributed by atoms with van der Waals surface area (Å²) in [5.74, 6) is -1.79. The molecule has 0 bridgehead atoms. The van der Waals surface area contributed by atoms with Crippen LogP contribution in [0.15, 0.2) is 10.6 Å². The van der Waals surface area contributed by atoms with Gasteiger partial charge in [0.15, 0.2) is 0 Å². The maximum atomic E-state index is 12.8. The number of amides is 1. The van der Waals surface area contributed by atoms with Gasteiger partial charge in [-0.3, -0.25) is 9.59 Å². The molecule has 13 nitrogen and oxygen atoms in total. The molecule has 2 atom stereocenters. The Morgan fingerprint density at radius 1 is 1.23 bits per heavy atom. The van der Waals surface area contributed by atoms with Crippen molar-refractivity contribution in [2.45, 2.75) is 83.9 Å². The van der Waals surface area contributed by atoms with Crippen LogP contribution in [0.25, 0.3) is 0 Å². The van der Waals surface area contributed by atoms with Crippen molar-refractivity contribution in [1.29, 1.82) is 0 Å². The van der Waals surface area contributed by atoms with Crippen LogP contribution >= 0.6 is 0 Å². The van der Waals surface area contributed by atoms with Gasteiger partial charge in [0, 0.05) is 13.1 Å². The summed E-state index contributed by atoms with van der Waals surface area (Å²) in [6, 6.07) is -1.97. The van der Waals surface area contributed by atoms with Crippen LogP contribution in [0, 0.1) is 5.92 Å². The van der Waals surface area contributed by atoms with Gasteiger partial charge in [0.2, 0.25) is 21.6 Å². The summed E-state index contributed by atoms with van der Waals surface area (Å²) in [5.41, 5.74) is 5.42. The van der Waals surface area contributed by atoms with Crippen LogP contribution in [0.5, 0.6) is 5.88 Å². The van der Waals surface area contributed by atoms with Crippen molar-refractivity contribution in [1.82, 2.24) is 14.8 Å². The Labute approximate surface area is 230 Å². The second kappa shape index (κ2) is 14.6. The van der Waals surface area contributed by atoms with E-state index in [-0.39, 0.29) is 23.5 Å². The lowest BCUT2D eigenvalue weighted by Gasteiger charge is -2.33. The van der Waals surface area contributed by atoms with Gasteiger partial charge in [0.1, 0.15) is 11.6 Å². The van der Waals surface area contributed by atoms with E-state index in [1.165, 1.54) is 6.07 Å². The first-order valence-corrected chi connectivity index (χ1v) is 14.9. The Kier molecular flexibility index (Phi) is 12.2. The molecule has 0 aliphatic carbocycles. The molecule has 1 aliphatic rings. The molecule has 0 aromatic carbocycles. The highest BCUT2D eigenvalue weighted by atomic mass is 32.2. The monoisotopic (exact) mass is 574 g/mol. The number of nitrogens with two attached hydrogens (primary N) is 1. The number of Topliss-reactive ketones (excluding diaryl/α,β-unsaturated/α-hetero) is 1. The van der Waals surface area contributed by atoms with Crippen LogP contribution < -0.4 is 15.2 Å². The van der Waals surface area contributed by atoms with E-state index in [9.17, 15) is 22.8 Å². The molecular weight excluding hydrogens is 532 g/mol. The fourth-order valence-electron chi connectivity index (χ4n) is 4.02. The van der Waals surface area contributed by atoms with Crippen molar-refractivity contribution in [2.24, 2.45) is 11.7 Å². The standard InChI is InChI=1S/C25H42N4O9S/c1-6-7-15-39(33,34)28-21(23(31)35-5)20(26)22(30)18-16-19(27-38-18)36-14-8-9-17-10-12-29(13-11-17)24(32)37-25(2,3)4/h16-17,20-21,28H,6-15,26H2,1-5H3. The minimum absolute atomic E-state index is 0.0726. The van der Waals surface area contributed by atoms with Crippen LogP contribution in [-0.4, -0.2) is 86.6 Å². The summed E-state index contributed by atoms with van der Waals surface area (Å²) >= 11 is 0. The molecule has 0 spiro atoms. The molecule has 1 aromatic rings. The van der Waals surface area contributed by atoms with Crippen LogP contribution in [0.3, 0.4) is 0 Å². The van der Waals surface area contributed by atoms with E-state index in [1.807, 2.05) is 27.7 Å². The summed E-state index contributed by atoms with van der Waals surface area (Å²) in [7, 11) is -2.81. The first-order chi connectivity index (χ1) is 18.3. The lowest BCUT2D eigenvalue weighted by atomic mass is 9.92. The number of ether oxygens (including phenoxy) is 3. The normalized spacial score (nSPS) is 16.4. The lowest BCUT2D eigenvalue weighted by Crippen LogP contribution is -2.56. The predicted octanol–water partition coefficient (Wildman–Crippen LogP) is 2.25. The van der Waals surface area contributed by atoms with Crippen molar-refractivity contribution in [3.63, 3.8) is 0 Å². The van der Waals surface area contributed by atoms with Gasteiger partial charge in [-0.1, -0.05) is 13.3 Å². The Morgan fingerprint density at radius 2 is 1.90 bits per heavy atom. The smallest absolute Gasteiger partial charge is 0.410 e. The molecule has 2 heterocycles. The average molecular weight is 575 g/mol. The van der Waals surface area contributed by atoms with E-state index in [0.29, 0.717) is 38.5 Å². The zero-order valence-corrected chi connectivity index (χ0v) is 24.3. The van der Waals surface area contributed by atoms with Crippen molar-refractivity contribution < 1.29 is 41.5 Å². The van der Waals surface area contributed by atoms with E-state index in [4.69, 9.17) is 19.7 Å². The molecule has 2 rings (SSSR count). The SMILES string of the molecule is CCCCS(=O)(=O)NC(C(=O)OC)C(N)C(=O)c1cc(OCCCC2CCN(C(=O)OC(C)(C)C)CC2)no1. The summed E-state index contributed by atoms with van der Waals surface area (Å²) < 4.78 is 47.4. The van der Waals surface area contributed by atoms with Crippen LogP contribution in [-0.2, 0) is 24.3 Å². The number of esters is 1. The largest absolute Gasteiger partial charge is 0.475 e. The van der Waals surface area contributed by atoms with Crippen LogP contribution in [0.1, 0.15) is 76.8 Å². The number of hydrogen-bond donors (Lipinski definition) is 2. The van der Waals surface area contributed by atoms with Gasteiger partial charge < -0.3 is 29.4 Å². The van der Waals surface area contributed by atoms with Crippen LogP contribution in [0.4, 0.5) is 4.79 Å². The molecule has 39 heavy (non-hydrogen) atoms. The number of aromatic nitrogens is 1. The summed E-state index contributed by atoms with van der Waals surface area (Å²) in [4.78, 5) is 38.9. The second-order valence-corrected chi connectivity index (χ2v) is 12.5. The van der Waals surface area contributed by atoms with Gasteiger partial charge >= 0.3 is 12.1 Å². The highest BCUT2D eigenvalue weighted by Crippen LogP contribution is 2.24. The second-order valence-electron chi connectivity index (χ2n) is 10.6. The maximum absolute atomic E-state index is 12.8. The number of carbonyl (C=O) groups is 3. The first kappa shape index (κ1) is 32.5. The summed E-state index contributed by atoms with van der Waals surface area (Å²) in [6.07, 6.45) is 4.11. The molecule has 1 saturated heterocycles. The van der Waals surface area contributed by atoms with E-state index in [0.717, 1.165) is 32.8 Å². The molecule has 222 valence electrons. The number of ketones is 1. The van der Waals surface area contributed by atoms with Gasteiger partial charge in [-0.25, -0.2) is 13.2 Å². The molecule has 1 aliphatic heterocycles. The third kappa shape index (κ3) is 10.8. The number of carbonyl (C=O) groups excluding carboxylic acids is 3. The number of hydrogen-bond acceptors (Lipinski definition) is 11. The van der Waals surface area contributed by atoms with Gasteiger partial charge in [0.05, 0.1) is 31.6 Å². The molecule has 1 aromatic heterocycles. The maximum Gasteiger partial charge on any atom is 0.410 e. The fourth-order valence-corrected chi connectivity index (χ4v) is 5.44. The summed E-state index contributed by atoms with van der Waals surface area (Å²) in [6.45, 7) is 8.99. The van der Waals surface area contributed by atoms with E-state index in [2.05, 4.69) is 14.6 Å². The van der Waals surface area contributed by atoms with Gasteiger partial charge in [-0.2, -0.15) is 4.72 Å². The molecule has 1 amide bonds. The molecule has 14 heteroatoms. The first-order valence-electron chi connectivity index (χ1n) is 13.2. The predicted molar refractivity (Wildman–Crippen MR) is 142 cm³/mol. The molecular formula is C25H42N4O9S. The van der Waals surface area contributed by atoms with Gasteiger partial charge in [-0.15, -0.1) is 0 Å². The van der Waals surface area contributed by atoms with Crippen molar-refractivity contribution in [2.75, 3.05) is 32.6 Å². The highest BCUT2D eigenvalue weighted by molar-refractivity contribution is 7.89. The third-order valence-electron chi connectivity index (χ3n) is 6.19.